The third kappa shape index (κ3) is 4.63. The molecule has 0 saturated carbocycles. The summed E-state index contributed by atoms with van der Waals surface area (Å²) in [6.07, 6.45) is 2.07. The lowest BCUT2D eigenvalue weighted by Crippen LogP contribution is -2.38. The molecule has 1 saturated heterocycles. The minimum atomic E-state index is -0.414. The average Bonchev–Trinajstić information content (AvgIpc) is 2.62. The summed E-state index contributed by atoms with van der Waals surface area (Å²) in [6, 6.07) is 13.9. The number of piperidine rings is 1. The monoisotopic (exact) mass is 343 g/mol. The molecule has 134 valence electrons. The van der Waals surface area contributed by atoms with Gasteiger partial charge in [0.05, 0.1) is 18.0 Å². The summed E-state index contributed by atoms with van der Waals surface area (Å²) in [6.45, 7) is 5.32. The first-order valence-corrected chi connectivity index (χ1v) is 8.90. The van der Waals surface area contributed by atoms with E-state index >= 15 is 0 Å². The van der Waals surface area contributed by atoms with Gasteiger partial charge in [0, 0.05) is 37.8 Å². The molecule has 0 aromatic heterocycles. The van der Waals surface area contributed by atoms with Gasteiger partial charge >= 0.3 is 0 Å². The number of likely N-dealkylation sites (tertiary alicyclic amines) is 1. The van der Waals surface area contributed by atoms with E-state index in [1.165, 1.54) is 11.6 Å². The molecular weight excluding hydrogens is 317 g/mol. The predicted molar refractivity (Wildman–Crippen MR) is 100 cm³/mol. The van der Waals surface area contributed by atoms with Crippen LogP contribution in [0.15, 0.2) is 42.5 Å². The number of ether oxygens (including phenoxy) is 1. The zero-order valence-electron chi connectivity index (χ0n) is 14.7. The van der Waals surface area contributed by atoms with Crippen LogP contribution in [-0.4, -0.2) is 30.6 Å². The number of benzene rings is 2. The maximum absolute atomic E-state index is 13.8. The molecule has 1 heterocycles. The smallest absolute Gasteiger partial charge is 0.167 e. The molecule has 0 unspecified atom stereocenters. The highest BCUT2D eigenvalue weighted by Crippen LogP contribution is 2.30. The molecule has 1 aliphatic rings. The van der Waals surface area contributed by atoms with Crippen LogP contribution in [0.3, 0.4) is 0 Å². The van der Waals surface area contributed by atoms with Crippen molar-refractivity contribution in [3.05, 3.63) is 53.8 Å². The second kappa shape index (κ2) is 8.21. The van der Waals surface area contributed by atoms with E-state index in [1.807, 2.05) is 13.0 Å². The van der Waals surface area contributed by atoms with Gasteiger partial charge in [-0.25, -0.2) is 4.39 Å². The Kier molecular flexibility index (Phi) is 5.76. The van der Waals surface area contributed by atoms with Gasteiger partial charge in [-0.1, -0.05) is 30.3 Å². The van der Waals surface area contributed by atoms with Gasteiger partial charge < -0.3 is 15.8 Å². The third-order valence-electron chi connectivity index (χ3n) is 4.60. The molecule has 0 spiro atoms. The van der Waals surface area contributed by atoms with Gasteiger partial charge in [0.2, 0.25) is 0 Å². The number of halogens is 1. The average molecular weight is 343 g/mol. The van der Waals surface area contributed by atoms with Gasteiger partial charge in [0.25, 0.3) is 0 Å². The van der Waals surface area contributed by atoms with Crippen molar-refractivity contribution >= 4 is 11.4 Å². The van der Waals surface area contributed by atoms with Crippen LogP contribution < -0.4 is 15.8 Å². The quantitative estimate of drug-likeness (QED) is 0.782. The molecule has 5 heteroatoms. The molecule has 0 atom stereocenters. The van der Waals surface area contributed by atoms with Crippen LogP contribution in [0, 0.1) is 5.82 Å². The fourth-order valence-corrected chi connectivity index (χ4v) is 3.26. The molecule has 25 heavy (non-hydrogen) atoms. The lowest BCUT2D eigenvalue weighted by Gasteiger charge is -2.33. The van der Waals surface area contributed by atoms with E-state index in [4.69, 9.17) is 10.5 Å². The zero-order chi connectivity index (χ0) is 17.6. The SMILES string of the molecule is CCOc1cc(NC2CCN(Cc3ccccc3)CC2)c(N)cc1F. The van der Waals surface area contributed by atoms with E-state index in [-0.39, 0.29) is 5.75 Å². The second-order valence-corrected chi connectivity index (χ2v) is 6.48. The summed E-state index contributed by atoms with van der Waals surface area (Å²) < 4.78 is 19.1. The number of nitrogens with two attached hydrogens (primary N) is 1. The summed E-state index contributed by atoms with van der Waals surface area (Å²) in [5.74, 6) is -0.164. The predicted octanol–water partition coefficient (Wildman–Crippen LogP) is 3.88. The first kappa shape index (κ1) is 17.5. The van der Waals surface area contributed by atoms with Gasteiger partial charge in [-0.3, -0.25) is 4.90 Å². The number of nitrogens with zero attached hydrogens (tertiary/aromatic N) is 1. The van der Waals surface area contributed by atoms with Crippen LogP contribution in [0.4, 0.5) is 15.8 Å². The van der Waals surface area contributed by atoms with Crippen LogP contribution in [0.25, 0.3) is 0 Å². The Hall–Kier alpha value is -2.27. The van der Waals surface area contributed by atoms with Crippen LogP contribution in [0.1, 0.15) is 25.3 Å². The summed E-state index contributed by atoms with van der Waals surface area (Å²) in [7, 11) is 0. The van der Waals surface area contributed by atoms with Crippen molar-refractivity contribution in [3.8, 4) is 5.75 Å². The lowest BCUT2D eigenvalue weighted by molar-refractivity contribution is 0.211. The zero-order valence-corrected chi connectivity index (χ0v) is 14.7. The molecule has 0 aliphatic carbocycles. The molecule has 4 nitrogen and oxygen atoms in total. The minimum Gasteiger partial charge on any atom is -0.491 e. The third-order valence-corrected chi connectivity index (χ3v) is 4.60. The molecule has 1 fully saturated rings. The van der Waals surface area contributed by atoms with E-state index in [2.05, 4.69) is 34.5 Å². The van der Waals surface area contributed by atoms with Gasteiger partial charge in [0.1, 0.15) is 0 Å². The van der Waals surface area contributed by atoms with E-state index < -0.39 is 5.82 Å². The van der Waals surface area contributed by atoms with Crippen molar-refractivity contribution < 1.29 is 9.13 Å². The van der Waals surface area contributed by atoms with E-state index in [0.717, 1.165) is 38.2 Å². The fourth-order valence-electron chi connectivity index (χ4n) is 3.26. The first-order chi connectivity index (χ1) is 12.2. The number of nitrogens with one attached hydrogen (secondary N) is 1. The highest BCUT2D eigenvalue weighted by Gasteiger charge is 2.20. The van der Waals surface area contributed by atoms with Crippen LogP contribution in [0.5, 0.6) is 5.75 Å². The highest BCUT2D eigenvalue weighted by atomic mass is 19.1. The van der Waals surface area contributed by atoms with E-state index in [1.54, 1.807) is 6.07 Å². The Morgan fingerprint density at radius 2 is 1.92 bits per heavy atom. The molecule has 3 rings (SSSR count). The van der Waals surface area contributed by atoms with Crippen molar-refractivity contribution in [1.82, 2.24) is 4.90 Å². The van der Waals surface area contributed by atoms with Crippen LogP contribution in [0.2, 0.25) is 0 Å². The normalized spacial score (nSPS) is 15.9. The molecular formula is C20H26FN3O. The summed E-state index contributed by atoms with van der Waals surface area (Å²) in [4.78, 5) is 2.47. The Balaban J connectivity index is 1.56. The first-order valence-electron chi connectivity index (χ1n) is 8.90. The lowest BCUT2D eigenvalue weighted by atomic mass is 10.0. The number of hydrogen-bond acceptors (Lipinski definition) is 4. The van der Waals surface area contributed by atoms with Crippen molar-refractivity contribution in [2.24, 2.45) is 0 Å². The Bertz CT molecular complexity index is 685. The molecule has 2 aromatic rings. The molecule has 0 amide bonds. The Morgan fingerprint density at radius 1 is 1.20 bits per heavy atom. The molecule has 0 radical (unpaired) electrons. The standard InChI is InChI=1S/C20H26FN3O/c1-2-25-20-13-19(18(22)12-17(20)21)23-16-8-10-24(11-9-16)14-15-6-4-3-5-7-15/h3-7,12-13,16,23H,2,8-11,14,22H2,1H3. The van der Waals surface area contributed by atoms with E-state index in [9.17, 15) is 4.39 Å². The molecule has 3 N–H and O–H groups in total. The number of hydrogen-bond donors (Lipinski definition) is 2. The van der Waals surface area contributed by atoms with Crippen molar-refractivity contribution in [2.75, 3.05) is 30.7 Å². The largest absolute Gasteiger partial charge is 0.491 e. The Labute approximate surface area is 148 Å². The van der Waals surface area contributed by atoms with Crippen LogP contribution in [-0.2, 0) is 6.54 Å². The van der Waals surface area contributed by atoms with Crippen molar-refractivity contribution in [1.29, 1.82) is 0 Å². The minimum absolute atomic E-state index is 0.251. The number of nitrogen functional groups attached to an aromatic ring is 1. The maximum atomic E-state index is 13.8. The van der Waals surface area contributed by atoms with Gasteiger partial charge in [-0.2, -0.15) is 0 Å². The van der Waals surface area contributed by atoms with Crippen molar-refractivity contribution in [2.45, 2.75) is 32.4 Å². The van der Waals surface area contributed by atoms with E-state index in [0.29, 0.717) is 18.3 Å². The maximum Gasteiger partial charge on any atom is 0.167 e. The molecule has 2 aromatic carbocycles. The molecule has 0 bridgehead atoms. The fraction of sp³-hybridized carbons (Fsp3) is 0.400. The summed E-state index contributed by atoms with van der Waals surface area (Å²) in [5, 5.41) is 3.46. The number of anilines is 2. The number of rotatable bonds is 6. The van der Waals surface area contributed by atoms with Gasteiger partial charge in [0.15, 0.2) is 11.6 Å². The Morgan fingerprint density at radius 3 is 2.60 bits per heavy atom. The van der Waals surface area contributed by atoms with Gasteiger partial charge in [-0.15, -0.1) is 0 Å². The topological polar surface area (TPSA) is 50.5 Å². The summed E-state index contributed by atoms with van der Waals surface area (Å²) >= 11 is 0. The summed E-state index contributed by atoms with van der Waals surface area (Å²) in [5.41, 5.74) is 8.49. The van der Waals surface area contributed by atoms with Crippen LogP contribution >= 0.6 is 0 Å². The molecule has 1 aliphatic heterocycles. The van der Waals surface area contributed by atoms with Gasteiger partial charge in [-0.05, 0) is 25.3 Å². The second-order valence-electron chi connectivity index (χ2n) is 6.48. The highest BCUT2D eigenvalue weighted by molar-refractivity contribution is 5.69. The van der Waals surface area contributed by atoms with Crippen molar-refractivity contribution in [3.63, 3.8) is 0 Å².